The van der Waals surface area contributed by atoms with Crippen LogP contribution in [0.3, 0.4) is 0 Å². The largest absolute Gasteiger partial charge is 0.440 e. The summed E-state index contributed by atoms with van der Waals surface area (Å²) in [6, 6.07) is 11.0. The number of nitriles is 1. The van der Waals surface area contributed by atoms with Crippen molar-refractivity contribution >= 4 is 50.1 Å². The number of aromatic amines is 1. The molecule has 0 saturated carbocycles. The zero-order valence-electron chi connectivity index (χ0n) is 17.4. The minimum atomic E-state index is -3.52. The van der Waals surface area contributed by atoms with Crippen molar-refractivity contribution in [2.75, 3.05) is 10.0 Å². The smallest absolute Gasteiger partial charge is 0.291 e. The van der Waals surface area contributed by atoms with E-state index in [1.807, 2.05) is 6.07 Å². The van der Waals surface area contributed by atoms with Crippen LogP contribution in [0.1, 0.15) is 30.2 Å². The molecule has 33 heavy (non-hydrogen) atoms. The average Bonchev–Trinajstić information content (AvgIpc) is 3.41. The molecule has 0 spiro atoms. The molecule has 4 rings (SSSR count). The number of hydrogen-bond donors (Lipinski definition) is 3. The van der Waals surface area contributed by atoms with Crippen molar-refractivity contribution in [1.29, 1.82) is 5.26 Å². The van der Waals surface area contributed by atoms with E-state index >= 15 is 0 Å². The van der Waals surface area contributed by atoms with Crippen LogP contribution in [0.25, 0.3) is 22.6 Å². The summed E-state index contributed by atoms with van der Waals surface area (Å²) in [5, 5.41) is 11.3. The number of benzene rings is 1. The molecule has 0 aliphatic heterocycles. The number of furan rings is 1. The van der Waals surface area contributed by atoms with Gasteiger partial charge in [-0.2, -0.15) is 5.26 Å². The fourth-order valence-corrected chi connectivity index (χ4v) is 3.75. The number of carbonyl (C=O) groups is 1. The van der Waals surface area contributed by atoms with Crippen LogP contribution in [0.2, 0.25) is 5.02 Å². The van der Waals surface area contributed by atoms with E-state index in [1.165, 1.54) is 18.3 Å². The molecule has 168 valence electrons. The van der Waals surface area contributed by atoms with Crippen LogP contribution < -0.4 is 10.0 Å². The minimum absolute atomic E-state index is 0.00707. The third-order valence-electron chi connectivity index (χ3n) is 4.64. The number of imidazole rings is 1. The maximum absolute atomic E-state index is 12.4. The Morgan fingerprint density at radius 3 is 2.70 bits per heavy atom. The Hall–Kier alpha value is -3.88. The number of carbonyl (C=O) groups excluding carboxylic acids is 1. The molecule has 4 aromatic rings. The van der Waals surface area contributed by atoms with E-state index in [0.717, 1.165) is 0 Å². The Morgan fingerprint density at radius 2 is 2.00 bits per heavy atom. The molecule has 12 heteroatoms. The van der Waals surface area contributed by atoms with E-state index in [2.05, 4.69) is 25.0 Å². The molecular weight excluding hydrogens is 468 g/mol. The molecule has 0 fully saturated rings. The zero-order valence-corrected chi connectivity index (χ0v) is 19.0. The first-order valence-electron chi connectivity index (χ1n) is 9.65. The number of nitrogens with zero attached hydrogens (tertiary/aromatic N) is 3. The number of fused-ring (bicyclic) bond motifs is 1. The molecule has 0 atom stereocenters. The second-order valence-corrected chi connectivity index (χ2v) is 9.94. The van der Waals surface area contributed by atoms with Gasteiger partial charge in [-0.25, -0.2) is 18.4 Å². The maximum Gasteiger partial charge on any atom is 0.291 e. The first-order valence-corrected chi connectivity index (χ1v) is 11.6. The van der Waals surface area contributed by atoms with Crippen LogP contribution in [0.5, 0.6) is 0 Å². The van der Waals surface area contributed by atoms with Crippen molar-refractivity contribution in [3.05, 3.63) is 59.1 Å². The Morgan fingerprint density at radius 1 is 1.21 bits per heavy atom. The van der Waals surface area contributed by atoms with E-state index in [-0.39, 0.29) is 11.5 Å². The Bertz CT molecular complexity index is 1520. The standard InChI is InChI=1S/C21H17ClN6O4S/c1-11(2)33(30,31)28-13-8-17-20(24-10-13)27-19(26-17)15-7-12(3-5-16(15)22)25-21(29)18-6-4-14(9-23)32-18/h3-8,10-11,28H,1-2H3,(H,25,29)(H,24,26,27). The lowest BCUT2D eigenvalue weighted by Crippen LogP contribution is -2.22. The molecule has 3 aromatic heterocycles. The van der Waals surface area contributed by atoms with Gasteiger partial charge in [-0.05, 0) is 50.2 Å². The van der Waals surface area contributed by atoms with Crippen LogP contribution in [0.4, 0.5) is 11.4 Å². The fourth-order valence-electron chi connectivity index (χ4n) is 2.86. The predicted molar refractivity (Wildman–Crippen MR) is 123 cm³/mol. The SMILES string of the molecule is CC(C)S(=O)(=O)Nc1cnc2nc(-c3cc(NC(=O)c4ccc(C#N)o4)ccc3Cl)[nH]c2c1. The number of sulfonamides is 1. The molecule has 1 amide bonds. The van der Waals surface area contributed by atoms with Gasteiger partial charge in [-0.15, -0.1) is 0 Å². The summed E-state index contributed by atoms with van der Waals surface area (Å²) in [5.74, 6) is -0.125. The summed E-state index contributed by atoms with van der Waals surface area (Å²) >= 11 is 6.35. The van der Waals surface area contributed by atoms with Crippen LogP contribution in [0, 0.1) is 11.3 Å². The Labute approximate surface area is 193 Å². The molecule has 10 nitrogen and oxygen atoms in total. The van der Waals surface area contributed by atoms with Gasteiger partial charge in [0.1, 0.15) is 11.9 Å². The van der Waals surface area contributed by atoms with Crippen molar-refractivity contribution in [2.45, 2.75) is 19.1 Å². The fraction of sp³-hybridized carbons (Fsp3) is 0.143. The lowest BCUT2D eigenvalue weighted by Gasteiger charge is -2.09. The quantitative estimate of drug-likeness (QED) is 0.371. The summed E-state index contributed by atoms with van der Waals surface area (Å²) in [6.07, 6.45) is 1.38. The van der Waals surface area contributed by atoms with Gasteiger partial charge in [0.05, 0.1) is 27.7 Å². The second kappa shape index (κ2) is 8.57. The van der Waals surface area contributed by atoms with Crippen LogP contribution >= 0.6 is 11.6 Å². The van der Waals surface area contributed by atoms with Crippen molar-refractivity contribution in [3.8, 4) is 17.5 Å². The summed E-state index contributed by atoms with van der Waals surface area (Å²) in [4.78, 5) is 24.1. The van der Waals surface area contributed by atoms with Crippen molar-refractivity contribution in [2.24, 2.45) is 0 Å². The number of hydrogen-bond acceptors (Lipinski definition) is 7. The van der Waals surface area contributed by atoms with E-state index < -0.39 is 21.2 Å². The molecule has 1 aromatic carbocycles. The molecule has 0 unspecified atom stereocenters. The molecule has 0 aliphatic carbocycles. The first-order chi connectivity index (χ1) is 15.7. The highest BCUT2D eigenvalue weighted by Gasteiger charge is 2.18. The molecular formula is C21H17ClN6O4S. The molecule has 0 bridgehead atoms. The highest BCUT2D eigenvalue weighted by atomic mass is 35.5. The average molecular weight is 485 g/mol. The Kier molecular flexibility index (Phi) is 5.80. The van der Waals surface area contributed by atoms with Crippen molar-refractivity contribution in [1.82, 2.24) is 15.0 Å². The first kappa shape index (κ1) is 22.3. The van der Waals surface area contributed by atoms with Crippen LogP contribution in [-0.4, -0.2) is 34.5 Å². The number of rotatable bonds is 6. The van der Waals surface area contributed by atoms with Gasteiger partial charge in [0.15, 0.2) is 11.4 Å². The molecule has 0 radical (unpaired) electrons. The normalized spacial score (nSPS) is 11.5. The van der Waals surface area contributed by atoms with E-state index in [9.17, 15) is 13.2 Å². The van der Waals surface area contributed by atoms with Crippen molar-refractivity contribution < 1.29 is 17.6 Å². The van der Waals surface area contributed by atoms with Gasteiger partial charge in [-0.3, -0.25) is 9.52 Å². The number of amides is 1. The summed E-state index contributed by atoms with van der Waals surface area (Å²) in [7, 11) is -3.52. The van der Waals surface area contributed by atoms with Gasteiger partial charge in [0.2, 0.25) is 15.8 Å². The third kappa shape index (κ3) is 4.67. The molecule has 3 heterocycles. The Balaban J connectivity index is 1.62. The summed E-state index contributed by atoms with van der Waals surface area (Å²) in [5.41, 5.74) is 2.08. The monoisotopic (exact) mass is 484 g/mol. The maximum atomic E-state index is 12.4. The lowest BCUT2D eigenvalue weighted by molar-refractivity contribution is 0.0996. The second-order valence-electron chi connectivity index (χ2n) is 7.30. The summed E-state index contributed by atoms with van der Waals surface area (Å²) < 4.78 is 31.8. The highest BCUT2D eigenvalue weighted by molar-refractivity contribution is 7.93. The van der Waals surface area contributed by atoms with E-state index in [1.54, 1.807) is 38.1 Å². The number of anilines is 2. The molecule has 3 N–H and O–H groups in total. The zero-order chi connectivity index (χ0) is 23.8. The highest BCUT2D eigenvalue weighted by Crippen LogP contribution is 2.30. The predicted octanol–water partition coefficient (Wildman–Crippen LogP) is 4.15. The van der Waals surface area contributed by atoms with Gasteiger partial charge in [-0.1, -0.05) is 11.6 Å². The number of halogens is 1. The summed E-state index contributed by atoms with van der Waals surface area (Å²) in [6.45, 7) is 3.15. The lowest BCUT2D eigenvalue weighted by atomic mass is 10.2. The molecule has 0 aliphatic rings. The van der Waals surface area contributed by atoms with Gasteiger partial charge < -0.3 is 14.7 Å². The number of H-pyrrole nitrogens is 1. The van der Waals surface area contributed by atoms with Crippen molar-refractivity contribution in [3.63, 3.8) is 0 Å². The topological polar surface area (TPSA) is 154 Å². The molecule has 0 saturated heterocycles. The van der Waals surface area contributed by atoms with Gasteiger partial charge in [0.25, 0.3) is 5.91 Å². The number of aromatic nitrogens is 3. The van der Waals surface area contributed by atoms with Gasteiger partial charge >= 0.3 is 0 Å². The number of nitrogens with one attached hydrogen (secondary N) is 3. The van der Waals surface area contributed by atoms with Crippen LogP contribution in [-0.2, 0) is 10.0 Å². The third-order valence-corrected chi connectivity index (χ3v) is 6.73. The van der Waals surface area contributed by atoms with Gasteiger partial charge in [0, 0.05) is 11.3 Å². The van der Waals surface area contributed by atoms with E-state index in [0.29, 0.717) is 38.9 Å². The van der Waals surface area contributed by atoms with Crippen LogP contribution in [0.15, 0.2) is 47.0 Å². The minimum Gasteiger partial charge on any atom is -0.440 e. The van der Waals surface area contributed by atoms with E-state index in [4.69, 9.17) is 21.3 Å². The number of pyridine rings is 1.